The van der Waals surface area contributed by atoms with Crippen molar-refractivity contribution < 1.29 is 4.79 Å². The van der Waals surface area contributed by atoms with Crippen molar-refractivity contribution >= 4 is 5.91 Å². The normalized spacial score (nSPS) is 22.5. The largest absolute Gasteiger partial charge is 0.340 e. The fraction of sp³-hybridized carbons (Fsp3) is 0.923. The van der Waals surface area contributed by atoms with Crippen molar-refractivity contribution in [1.29, 1.82) is 0 Å². The first-order valence-electron chi connectivity index (χ1n) is 6.79. The molecule has 0 aromatic rings. The molecule has 1 fully saturated rings. The summed E-state index contributed by atoms with van der Waals surface area (Å²) in [5.74, 6) is 0.338. The maximum absolute atomic E-state index is 12.1. The molecule has 100 valence electrons. The number of likely N-dealkylation sites (tertiary alicyclic amines) is 1. The predicted molar refractivity (Wildman–Crippen MR) is 70.7 cm³/mol. The first-order chi connectivity index (χ1) is 8.01. The van der Waals surface area contributed by atoms with E-state index in [2.05, 4.69) is 18.7 Å². The van der Waals surface area contributed by atoms with Crippen LogP contribution >= 0.6 is 0 Å². The summed E-state index contributed by atoms with van der Waals surface area (Å²) in [7, 11) is 0. The van der Waals surface area contributed by atoms with Crippen molar-refractivity contribution in [2.24, 2.45) is 11.7 Å². The highest BCUT2D eigenvalue weighted by molar-refractivity contribution is 5.82. The van der Waals surface area contributed by atoms with Gasteiger partial charge in [0.05, 0.1) is 6.04 Å². The number of carbonyl (C=O) groups excluding carboxylic acids is 1. The van der Waals surface area contributed by atoms with Crippen molar-refractivity contribution in [3.05, 3.63) is 0 Å². The summed E-state index contributed by atoms with van der Waals surface area (Å²) < 4.78 is 0. The van der Waals surface area contributed by atoms with Crippen molar-refractivity contribution in [3.8, 4) is 0 Å². The van der Waals surface area contributed by atoms with Gasteiger partial charge in [-0.25, -0.2) is 0 Å². The van der Waals surface area contributed by atoms with Gasteiger partial charge in [0.15, 0.2) is 0 Å². The summed E-state index contributed by atoms with van der Waals surface area (Å²) in [6.07, 6.45) is 1.08. The second-order valence-electron chi connectivity index (χ2n) is 5.22. The minimum absolute atomic E-state index is 0.120. The van der Waals surface area contributed by atoms with Crippen LogP contribution in [0.2, 0.25) is 0 Å². The molecule has 0 bridgehead atoms. The summed E-state index contributed by atoms with van der Waals surface area (Å²) in [5, 5.41) is 0. The average molecular weight is 241 g/mol. The maximum atomic E-state index is 12.1. The van der Waals surface area contributed by atoms with Gasteiger partial charge in [-0.1, -0.05) is 27.7 Å². The van der Waals surface area contributed by atoms with Gasteiger partial charge in [0.1, 0.15) is 0 Å². The number of nitrogens with zero attached hydrogens (tertiary/aromatic N) is 2. The zero-order valence-electron chi connectivity index (χ0n) is 11.6. The third-order valence-electron chi connectivity index (χ3n) is 3.81. The molecule has 2 N–H and O–H groups in total. The van der Waals surface area contributed by atoms with E-state index in [4.69, 9.17) is 5.73 Å². The van der Waals surface area contributed by atoms with Crippen LogP contribution in [-0.4, -0.2) is 54.0 Å². The van der Waals surface area contributed by atoms with E-state index < -0.39 is 0 Å². The van der Waals surface area contributed by atoms with Crippen molar-refractivity contribution in [1.82, 2.24) is 9.80 Å². The fourth-order valence-corrected chi connectivity index (χ4v) is 2.48. The predicted octanol–water partition coefficient (Wildman–Crippen LogP) is 0.912. The molecule has 0 aromatic heterocycles. The van der Waals surface area contributed by atoms with Crippen molar-refractivity contribution in [2.75, 3.05) is 26.2 Å². The smallest absolute Gasteiger partial charge is 0.239 e. The number of rotatable bonds is 5. The van der Waals surface area contributed by atoms with Crippen LogP contribution in [-0.2, 0) is 4.79 Å². The van der Waals surface area contributed by atoms with Crippen molar-refractivity contribution in [3.63, 3.8) is 0 Å². The fourth-order valence-electron chi connectivity index (χ4n) is 2.48. The summed E-state index contributed by atoms with van der Waals surface area (Å²) in [6, 6.07) is 0.179. The van der Waals surface area contributed by atoms with Gasteiger partial charge in [0.2, 0.25) is 5.91 Å². The van der Waals surface area contributed by atoms with Gasteiger partial charge in [-0.3, -0.25) is 9.69 Å². The van der Waals surface area contributed by atoms with E-state index in [1.165, 1.54) is 0 Å². The molecule has 1 heterocycles. The van der Waals surface area contributed by atoms with E-state index in [-0.39, 0.29) is 17.9 Å². The van der Waals surface area contributed by atoms with Crippen LogP contribution < -0.4 is 5.73 Å². The molecule has 0 radical (unpaired) electrons. The van der Waals surface area contributed by atoms with Gasteiger partial charge in [0.25, 0.3) is 0 Å². The molecule has 0 spiro atoms. The van der Waals surface area contributed by atoms with Gasteiger partial charge < -0.3 is 10.6 Å². The summed E-state index contributed by atoms with van der Waals surface area (Å²) in [6.45, 7) is 12.2. The molecule has 0 aromatic carbocycles. The standard InChI is InChI=1S/C13H27N3O/c1-5-15(6-2)11-7-8-16(9-11)13(17)12(14)10(3)4/h10-12H,5-9,14H2,1-4H3/t11?,12-/m1/s1. The molecule has 2 atom stereocenters. The molecule has 1 amide bonds. The van der Waals surface area contributed by atoms with Crippen LogP contribution in [0.25, 0.3) is 0 Å². The van der Waals surface area contributed by atoms with Gasteiger partial charge in [-0.2, -0.15) is 0 Å². The highest BCUT2D eigenvalue weighted by Gasteiger charge is 2.32. The SMILES string of the molecule is CCN(CC)C1CCN(C(=O)[C@H](N)C(C)C)C1. The Labute approximate surface area is 105 Å². The molecule has 0 aliphatic carbocycles. The third-order valence-corrected chi connectivity index (χ3v) is 3.81. The Balaban J connectivity index is 2.52. The number of hydrogen-bond donors (Lipinski definition) is 1. The van der Waals surface area contributed by atoms with Crippen molar-refractivity contribution in [2.45, 2.75) is 46.2 Å². The van der Waals surface area contributed by atoms with Crippen LogP contribution in [0.5, 0.6) is 0 Å². The lowest BCUT2D eigenvalue weighted by Crippen LogP contribution is -2.47. The number of carbonyl (C=O) groups is 1. The molecular formula is C13H27N3O. The minimum Gasteiger partial charge on any atom is -0.340 e. The van der Waals surface area contributed by atoms with E-state index >= 15 is 0 Å². The summed E-state index contributed by atoms with van der Waals surface area (Å²) in [4.78, 5) is 16.5. The van der Waals surface area contributed by atoms with Crippen LogP contribution in [0, 0.1) is 5.92 Å². The number of likely N-dealkylation sites (N-methyl/N-ethyl adjacent to an activating group) is 1. The maximum Gasteiger partial charge on any atom is 0.239 e. The lowest BCUT2D eigenvalue weighted by Gasteiger charge is -2.27. The third kappa shape index (κ3) is 3.42. The van der Waals surface area contributed by atoms with Crippen LogP contribution in [0.15, 0.2) is 0 Å². The second-order valence-corrected chi connectivity index (χ2v) is 5.22. The summed E-state index contributed by atoms with van der Waals surface area (Å²) >= 11 is 0. The molecule has 1 aliphatic rings. The van der Waals surface area contributed by atoms with E-state index in [1.54, 1.807) is 0 Å². The Bertz CT molecular complexity index is 251. The average Bonchev–Trinajstić information content (AvgIpc) is 2.78. The van der Waals surface area contributed by atoms with Crippen LogP contribution in [0.1, 0.15) is 34.1 Å². The molecule has 4 nitrogen and oxygen atoms in total. The first-order valence-corrected chi connectivity index (χ1v) is 6.79. The molecule has 0 saturated carbocycles. The van der Waals surface area contributed by atoms with Gasteiger partial charge in [-0.05, 0) is 25.4 Å². The summed E-state index contributed by atoms with van der Waals surface area (Å²) in [5.41, 5.74) is 5.92. The molecule has 1 aliphatic heterocycles. The Morgan fingerprint density at radius 3 is 2.47 bits per heavy atom. The lowest BCUT2D eigenvalue weighted by molar-refractivity contribution is -0.132. The van der Waals surface area contributed by atoms with Gasteiger partial charge in [-0.15, -0.1) is 0 Å². The number of hydrogen-bond acceptors (Lipinski definition) is 3. The topological polar surface area (TPSA) is 49.6 Å². The monoisotopic (exact) mass is 241 g/mol. The molecule has 17 heavy (non-hydrogen) atoms. The molecule has 1 unspecified atom stereocenters. The van der Waals surface area contributed by atoms with Gasteiger partial charge in [0, 0.05) is 19.1 Å². The molecular weight excluding hydrogens is 214 g/mol. The molecule has 4 heteroatoms. The van der Waals surface area contributed by atoms with Gasteiger partial charge >= 0.3 is 0 Å². The quantitative estimate of drug-likeness (QED) is 0.778. The Morgan fingerprint density at radius 2 is 2.00 bits per heavy atom. The second kappa shape index (κ2) is 6.36. The van der Waals surface area contributed by atoms with Crippen LogP contribution in [0.4, 0.5) is 0 Å². The molecule has 1 rings (SSSR count). The zero-order chi connectivity index (χ0) is 13.0. The van der Waals surface area contributed by atoms with E-state index in [0.29, 0.717) is 6.04 Å². The lowest BCUT2D eigenvalue weighted by atomic mass is 10.0. The van der Waals surface area contributed by atoms with E-state index in [9.17, 15) is 4.79 Å². The minimum atomic E-state index is -0.342. The highest BCUT2D eigenvalue weighted by Crippen LogP contribution is 2.17. The number of amides is 1. The first kappa shape index (κ1) is 14.5. The highest BCUT2D eigenvalue weighted by atomic mass is 16.2. The van der Waals surface area contributed by atoms with E-state index in [1.807, 2.05) is 18.7 Å². The Hall–Kier alpha value is -0.610. The Kier molecular flexibility index (Phi) is 5.40. The molecule has 1 saturated heterocycles. The van der Waals surface area contributed by atoms with Crippen LogP contribution in [0.3, 0.4) is 0 Å². The van der Waals surface area contributed by atoms with E-state index in [0.717, 1.165) is 32.6 Å². The Morgan fingerprint density at radius 1 is 1.41 bits per heavy atom. The zero-order valence-corrected chi connectivity index (χ0v) is 11.6. The number of nitrogens with two attached hydrogens (primary N) is 1.